The lowest BCUT2D eigenvalue weighted by molar-refractivity contribution is -0.385. The molecule has 1 heterocycles. The van der Waals surface area contributed by atoms with Gasteiger partial charge in [-0.1, -0.05) is 6.42 Å². The Morgan fingerprint density at radius 3 is 2.58 bits per heavy atom. The van der Waals surface area contributed by atoms with E-state index in [9.17, 15) is 10.1 Å². The third-order valence-corrected chi connectivity index (χ3v) is 4.78. The second-order valence-corrected chi connectivity index (χ2v) is 5.83. The van der Waals surface area contributed by atoms with Crippen molar-refractivity contribution in [3.05, 3.63) is 33.9 Å². The molecular weight excluding hydrogens is 264 g/mol. The van der Waals surface area contributed by atoms with Crippen LogP contribution in [0, 0.1) is 22.0 Å². The summed E-state index contributed by atoms with van der Waals surface area (Å²) in [5.74, 6) is 1.81. The van der Waals surface area contributed by atoms with E-state index in [-0.39, 0.29) is 16.5 Å². The Hall–Kier alpha value is -1.29. The van der Waals surface area contributed by atoms with Crippen LogP contribution in [0.25, 0.3) is 0 Å². The number of hydrogen-bond donors (Lipinski definition) is 0. The van der Waals surface area contributed by atoms with Gasteiger partial charge in [-0.05, 0) is 36.8 Å². The Morgan fingerprint density at radius 2 is 2.00 bits per heavy atom. The fourth-order valence-electron chi connectivity index (χ4n) is 3.50. The first-order valence-electron chi connectivity index (χ1n) is 6.77. The maximum absolute atomic E-state index is 10.9. The molecule has 5 heteroatoms. The molecule has 0 bridgehead atoms. The van der Waals surface area contributed by atoms with Crippen LogP contribution < -0.4 is 4.90 Å². The third-order valence-electron chi connectivity index (χ3n) is 4.50. The number of anilines is 1. The van der Waals surface area contributed by atoms with Gasteiger partial charge in [0.15, 0.2) is 0 Å². The van der Waals surface area contributed by atoms with E-state index < -0.39 is 0 Å². The topological polar surface area (TPSA) is 46.4 Å². The van der Waals surface area contributed by atoms with E-state index in [0.29, 0.717) is 5.56 Å². The zero-order chi connectivity index (χ0) is 13.4. The maximum atomic E-state index is 10.9. The van der Waals surface area contributed by atoms with Crippen LogP contribution in [-0.2, 0) is 5.88 Å². The molecule has 0 spiro atoms. The van der Waals surface area contributed by atoms with Crippen molar-refractivity contribution in [1.29, 1.82) is 0 Å². The van der Waals surface area contributed by atoms with Crippen molar-refractivity contribution in [3.8, 4) is 0 Å². The van der Waals surface area contributed by atoms with Gasteiger partial charge in [0.25, 0.3) is 5.69 Å². The summed E-state index contributed by atoms with van der Waals surface area (Å²) in [6.45, 7) is 2.18. The lowest BCUT2D eigenvalue weighted by Gasteiger charge is -2.20. The number of nitrogens with zero attached hydrogens (tertiary/aromatic N) is 2. The number of nitro benzene ring substituents is 1. The predicted octanol–water partition coefficient (Wildman–Crippen LogP) is 3.57. The van der Waals surface area contributed by atoms with Crippen LogP contribution in [0.15, 0.2) is 18.2 Å². The van der Waals surface area contributed by atoms with Gasteiger partial charge in [0.1, 0.15) is 0 Å². The highest BCUT2D eigenvalue weighted by Gasteiger charge is 2.36. The highest BCUT2D eigenvalue weighted by Crippen LogP contribution is 2.40. The highest BCUT2D eigenvalue weighted by molar-refractivity contribution is 6.17. The van der Waals surface area contributed by atoms with Gasteiger partial charge in [-0.15, -0.1) is 11.6 Å². The summed E-state index contributed by atoms with van der Waals surface area (Å²) in [7, 11) is 0. The average Bonchev–Trinajstić information content (AvgIpc) is 2.98. The van der Waals surface area contributed by atoms with Crippen molar-refractivity contribution in [2.45, 2.75) is 25.1 Å². The SMILES string of the molecule is O=[N+]([O-])c1ccc(N2CC3CCCC3C2)cc1CCl. The monoisotopic (exact) mass is 280 g/mol. The van der Waals surface area contributed by atoms with Gasteiger partial charge in [0, 0.05) is 30.4 Å². The van der Waals surface area contributed by atoms with Gasteiger partial charge in [-0.3, -0.25) is 10.1 Å². The molecule has 4 nitrogen and oxygen atoms in total. The first-order chi connectivity index (χ1) is 9.19. The summed E-state index contributed by atoms with van der Waals surface area (Å²) in [5, 5.41) is 10.9. The molecule has 2 atom stereocenters. The van der Waals surface area contributed by atoms with Gasteiger partial charge < -0.3 is 4.90 Å². The van der Waals surface area contributed by atoms with Crippen LogP contribution in [0.5, 0.6) is 0 Å². The fourth-order valence-corrected chi connectivity index (χ4v) is 3.71. The molecule has 2 fully saturated rings. The van der Waals surface area contributed by atoms with Crippen LogP contribution in [-0.4, -0.2) is 18.0 Å². The van der Waals surface area contributed by atoms with E-state index >= 15 is 0 Å². The summed E-state index contributed by atoms with van der Waals surface area (Å²) in [5.41, 5.74) is 1.81. The minimum atomic E-state index is -0.361. The minimum absolute atomic E-state index is 0.123. The summed E-state index contributed by atoms with van der Waals surface area (Å²) in [4.78, 5) is 12.9. The number of hydrogen-bond acceptors (Lipinski definition) is 3. The second kappa shape index (κ2) is 5.00. The molecule has 2 aliphatic rings. The van der Waals surface area contributed by atoms with E-state index in [1.165, 1.54) is 19.3 Å². The standard InChI is InChI=1S/C14H17ClN2O2/c15-7-12-6-13(4-5-14(12)17(18)19)16-8-10-2-1-3-11(10)9-16/h4-6,10-11H,1-3,7-9H2. The summed E-state index contributed by atoms with van der Waals surface area (Å²) < 4.78 is 0. The number of halogens is 1. The first-order valence-corrected chi connectivity index (χ1v) is 7.30. The molecule has 1 aromatic rings. The summed E-state index contributed by atoms with van der Waals surface area (Å²) in [6.07, 6.45) is 4.02. The van der Waals surface area contributed by atoms with Crippen LogP contribution in [0.2, 0.25) is 0 Å². The molecule has 1 aliphatic carbocycles. The molecule has 1 aromatic carbocycles. The lowest BCUT2D eigenvalue weighted by atomic mass is 10.0. The Morgan fingerprint density at radius 1 is 1.32 bits per heavy atom. The van der Waals surface area contributed by atoms with Gasteiger partial charge in [-0.25, -0.2) is 0 Å². The molecule has 3 rings (SSSR count). The van der Waals surface area contributed by atoms with Gasteiger partial charge in [0.2, 0.25) is 0 Å². The normalized spacial score (nSPS) is 25.6. The summed E-state index contributed by atoms with van der Waals surface area (Å²) >= 11 is 5.83. The van der Waals surface area contributed by atoms with Crippen molar-refractivity contribution < 1.29 is 4.92 Å². The lowest BCUT2D eigenvalue weighted by Crippen LogP contribution is -2.20. The Labute approximate surface area is 117 Å². The molecule has 0 N–H and O–H groups in total. The van der Waals surface area contributed by atoms with Gasteiger partial charge in [0.05, 0.1) is 10.8 Å². The van der Waals surface area contributed by atoms with Crippen LogP contribution in [0.1, 0.15) is 24.8 Å². The molecule has 1 aliphatic heterocycles. The predicted molar refractivity (Wildman–Crippen MR) is 75.7 cm³/mol. The molecule has 0 aromatic heterocycles. The third kappa shape index (κ3) is 2.29. The Balaban J connectivity index is 1.84. The average molecular weight is 281 g/mol. The number of rotatable bonds is 3. The van der Waals surface area contributed by atoms with Gasteiger partial charge >= 0.3 is 0 Å². The van der Waals surface area contributed by atoms with E-state index in [1.807, 2.05) is 12.1 Å². The van der Waals surface area contributed by atoms with Crippen LogP contribution >= 0.6 is 11.6 Å². The molecule has 19 heavy (non-hydrogen) atoms. The quantitative estimate of drug-likeness (QED) is 0.483. The minimum Gasteiger partial charge on any atom is -0.371 e. The number of nitro groups is 1. The van der Waals surface area contributed by atoms with Crippen LogP contribution in [0.3, 0.4) is 0 Å². The van der Waals surface area contributed by atoms with Crippen molar-refractivity contribution in [1.82, 2.24) is 0 Å². The smallest absolute Gasteiger partial charge is 0.273 e. The van der Waals surface area contributed by atoms with E-state index in [0.717, 1.165) is 30.6 Å². The van der Waals surface area contributed by atoms with E-state index in [2.05, 4.69) is 4.90 Å². The fraction of sp³-hybridized carbons (Fsp3) is 0.571. The van der Waals surface area contributed by atoms with Crippen molar-refractivity contribution in [2.24, 2.45) is 11.8 Å². The molecule has 2 unspecified atom stereocenters. The second-order valence-electron chi connectivity index (χ2n) is 5.56. The highest BCUT2D eigenvalue weighted by atomic mass is 35.5. The first kappa shape index (κ1) is 12.7. The number of benzene rings is 1. The van der Waals surface area contributed by atoms with Crippen molar-refractivity contribution >= 4 is 23.0 Å². The summed E-state index contributed by atoms with van der Waals surface area (Å²) in [6, 6.07) is 5.32. The largest absolute Gasteiger partial charge is 0.371 e. The van der Waals surface area contributed by atoms with Crippen molar-refractivity contribution in [3.63, 3.8) is 0 Å². The van der Waals surface area contributed by atoms with E-state index in [4.69, 9.17) is 11.6 Å². The molecule has 0 amide bonds. The number of fused-ring (bicyclic) bond motifs is 1. The van der Waals surface area contributed by atoms with Gasteiger partial charge in [-0.2, -0.15) is 0 Å². The Bertz CT molecular complexity index is 494. The molecular formula is C14H17ClN2O2. The zero-order valence-electron chi connectivity index (χ0n) is 10.7. The Kier molecular flexibility index (Phi) is 3.35. The molecule has 1 saturated carbocycles. The maximum Gasteiger partial charge on any atom is 0.273 e. The van der Waals surface area contributed by atoms with Crippen molar-refractivity contribution in [2.75, 3.05) is 18.0 Å². The molecule has 102 valence electrons. The zero-order valence-corrected chi connectivity index (χ0v) is 11.5. The van der Waals surface area contributed by atoms with Crippen LogP contribution in [0.4, 0.5) is 11.4 Å². The number of alkyl halides is 1. The molecule has 0 radical (unpaired) electrons. The molecule has 1 saturated heterocycles. The van der Waals surface area contributed by atoms with E-state index in [1.54, 1.807) is 6.07 Å².